The molecule has 0 radical (unpaired) electrons. The zero-order valence-corrected chi connectivity index (χ0v) is 15.1. The molecule has 1 aromatic carbocycles. The van der Waals surface area contributed by atoms with Crippen molar-refractivity contribution < 1.29 is 0 Å². The summed E-state index contributed by atoms with van der Waals surface area (Å²) in [6.07, 6.45) is 4.04. The summed E-state index contributed by atoms with van der Waals surface area (Å²) in [7, 11) is 0. The topological polar surface area (TPSA) is 12.0 Å². The van der Waals surface area contributed by atoms with E-state index in [1.807, 2.05) is 0 Å². The summed E-state index contributed by atoms with van der Waals surface area (Å²) in [5, 5.41) is 4.41. The Morgan fingerprint density at radius 2 is 1.81 bits per heavy atom. The molecule has 2 heteroatoms. The van der Waals surface area contributed by atoms with E-state index in [9.17, 15) is 0 Å². The van der Waals surface area contributed by atoms with Crippen LogP contribution in [0, 0.1) is 5.92 Å². The van der Waals surface area contributed by atoms with E-state index in [-0.39, 0.29) is 5.41 Å². The number of thioether (sulfide) groups is 1. The van der Waals surface area contributed by atoms with Gasteiger partial charge in [0.25, 0.3) is 0 Å². The van der Waals surface area contributed by atoms with E-state index in [4.69, 9.17) is 0 Å². The van der Waals surface area contributed by atoms with Gasteiger partial charge in [-0.2, -0.15) is 0 Å². The minimum atomic E-state index is 0.245. The first-order valence-corrected chi connectivity index (χ1v) is 9.28. The van der Waals surface area contributed by atoms with Crippen LogP contribution in [-0.2, 0) is 5.41 Å². The summed E-state index contributed by atoms with van der Waals surface area (Å²) in [4.78, 5) is 1.42. The van der Waals surface area contributed by atoms with Gasteiger partial charge in [0.05, 0.1) is 0 Å². The molecule has 118 valence electrons. The Kier molecular flexibility index (Phi) is 5.79. The number of nitrogens with one attached hydrogen (secondary N) is 1. The lowest BCUT2D eigenvalue weighted by Crippen LogP contribution is -2.42. The predicted molar refractivity (Wildman–Crippen MR) is 95.3 cm³/mol. The van der Waals surface area contributed by atoms with E-state index < -0.39 is 0 Å². The van der Waals surface area contributed by atoms with Crippen molar-refractivity contribution in [1.82, 2.24) is 5.32 Å². The van der Waals surface area contributed by atoms with Gasteiger partial charge in [0.2, 0.25) is 0 Å². The van der Waals surface area contributed by atoms with E-state index in [0.717, 1.165) is 12.5 Å². The second kappa shape index (κ2) is 7.19. The van der Waals surface area contributed by atoms with Crippen molar-refractivity contribution in [2.75, 3.05) is 6.54 Å². The lowest BCUT2D eigenvalue weighted by molar-refractivity contribution is 0.321. The van der Waals surface area contributed by atoms with Crippen LogP contribution in [0.1, 0.15) is 59.4 Å². The summed E-state index contributed by atoms with van der Waals surface area (Å²) in [6.45, 7) is 12.5. The molecular weight excluding hydrogens is 274 g/mol. The Balaban J connectivity index is 2.04. The van der Waals surface area contributed by atoms with Crippen LogP contribution >= 0.6 is 11.8 Å². The van der Waals surface area contributed by atoms with Crippen LogP contribution in [0.4, 0.5) is 0 Å². The van der Waals surface area contributed by atoms with Crippen molar-refractivity contribution in [2.24, 2.45) is 5.92 Å². The Bertz CT molecular complexity index is 432. The molecule has 0 heterocycles. The number of hydrogen-bond acceptors (Lipinski definition) is 2. The van der Waals surface area contributed by atoms with Crippen molar-refractivity contribution in [3.05, 3.63) is 29.8 Å². The van der Waals surface area contributed by atoms with E-state index in [1.165, 1.54) is 29.7 Å². The molecule has 1 aromatic rings. The minimum absolute atomic E-state index is 0.245. The van der Waals surface area contributed by atoms with Crippen LogP contribution < -0.4 is 5.32 Å². The maximum Gasteiger partial charge on any atom is 0.0250 e. The molecular formula is C19H31NS. The van der Waals surface area contributed by atoms with Gasteiger partial charge in [-0.3, -0.25) is 0 Å². The maximum absolute atomic E-state index is 3.69. The Hall–Kier alpha value is -0.470. The van der Waals surface area contributed by atoms with Crippen LogP contribution in [-0.4, -0.2) is 17.8 Å². The van der Waals surface area contributed by atoms with Crippen molar-refractivity contribution >= 4 is 11.8 Å². The molecule has 1 N–H and O–H groups in total. The van der Waals surface area contributed by atoms with Crippen LogP contribution in [0.3, 0.4) is 0 Å². The third kappa shape index (κ3) is 4.75. The normalized spacial score (nSPS) is 26.8. The van der Waals surface area contributed by atoms with Crippen LogP contribution in [0.2, 0.25) is 0 Å². The quantitative estimate of drug-likeness (QED) is 0.816. The number of benzene rings is 1. The largest absolute Gasteiger partial charge is 0.313 e. The lowest BCUT2D eigenvalue weighted by atomic mass is 9.87. The zero-order chi connectivity index (χ0) is 15.5. The van der Waals surface area contributed by atoms with Crippen molar-refractivity contribution in [3.63, 3.8) is 0 Å². The van der Waals surface area contributed by atoms with E-state index in [0.29, 0.717) is 11.3 Å². The maximum atomic E-state index is 3.69. The van der Waals surface area contributed by atoms with Crippen LogP contribution in [0.5, 0.6) is 0 Å². The van der Waals surface area contributed by atoms with Gasteiger partial charge in [0.1, 0.15) is 0 Å². The van der Waals surface area contributed by atoms with E-state index in [2.05, 4.69) is 76.0 Å². The molecule has 2 rings (SSSR count). The second-order valence-electron chi connectivity index (χ2n) is 7.51. The van der Waals surface area contributed by atoms with Gasteiger partial charge >= 0.3 is 0 Å². The zero-order valence-electron chi connectivity index (χ0n) is 14.3. The summed E-state index contributed by atoms with van der Waals surface area (Å²) < 4.78 is 0. The molecule has 1 aliphatic rings. The molecule has 1 aliphatic carbocycles. The summed E-state index contributed by atoms with van der Waals surface area (Å²) in [5.74, 6) is 0.867. The predicted octanol–water partition coefficient (Wildman–Crippen LogP) is 5.24. The fraction of sp³-hybridized carbons (Fsp3) is 0.684. The Morgan fingerprint density at radius 1 is 1.14 bits per heavy atom. The molecule has 0 bridgehead atoms. The minimum Gasteiger partial charge on any atom is -0.313 e. The van der Waals surface area contributed by atoms with Crippen LogP contribution in [0.25, 0.3) is 0 Å². The highest BCUT2D eigenvalue weighted by molar-refractivity contribution is 8.00. The van der Waals surface area contributed by atoms with Crippen molar-refractivity contribution in [2.45, 2.75) is 75.5 Å². The monoisotopic (exact) mass is 305 g/mol. The highest BCUT2D eigenvalue weighted by Gasteiger charge is 2.28. The van der Waals surface area contributed by atoms with E-state index in [1.54, 1.807) is 0 Å². The molecule has 1 saturated carbocycles. The average molecular weight is 306 g/mol. The fourth-order valence-corrected chi connectivity index (χ4v) is 4.63. The summed E-state index contributed by atoms with van der Waals surface area (Å²) in [6, 6.07) is 9.91. The summed E-state index contributed by atoms with van der Waals surface area (Å²) >= 11 is 2.07. The van der Waals surface area contributed by atoms with Gasteiger partial charge in [0, 0.05) is 16.2 Å². The average Bonchev–Trinajstić information content (AvgIpc) is 2.42. The molecule has 1 nitrogen and oxygen atoms in total. The lowest BCUT2D eigenvalue weighted by Gasteiger charge is -2.35. The third-order valence-corrected chi connectivity index (χ3v) is 5.90. The molecule has 1 fully saturated rings. The molecule has 3 atom stereocenters. The molecule has 3 unspecified atom stereocenters. The summed E-state index contributed by atoms with van der Waals surface area (Å²) in [5.41, 5.74) is 1.67. The molecule has 0 aliphatic heterocycles. The molecule has 0 saturated heterocycles. The van der Waals surface area contributed by atoms with Crippen LogP contribution in [0.15, 0.2) is 29.2 Å². The number of hydrogen-bond donors (Lipinski definition) is 1. The molecule has 0 spiro atoms. The standard InChI is InChI=1S/C19H31NS/c1-6-20-17-12-7-14(2)13-18(17)21-16-10-8-15(9-11-16)19(3,4)5/h8-11,14,17-18,20H,6-7,12-13H2,1-5H3. The van der Waals surface area contributed by atoms with E-state index >= 15 is 0 Å². The van der Waals surface area contributed by atoms with Gasteiger partial charge in [-0.1, -0.05) is 46.8 Å². The number of rotatable bonds is 4. The molecule has 0 aromatic heterocycles. The Labute approximate surface area is 135 Å². The van der Waals surface area contributed by atoms with Gasteiger partial charge in [-0.25, -0.2) is 0 Å². The first-order chi connectivity index (χ1) is 9.90. The van der Waals surface area contributed by atoms with Gasteiger partial charge < -0.3 is 5.32 Å². The fourth-order valence-electron chi connectivity index (χ4n) is 3.16. The molecule has 0 amide bonds. The highest BCUT2D eigenvalue weighted by Crippen LogP contribution is 2.37. The Morgan fingerprint density at radius 3 is 2.38 bits per heavy atom. The third-order valence-electron chi connectivity index (χ3n) is 4.53. The second-order valence-corrected chi connectivity index (χ2v) is 8.83. The highest BCUT2D eigenvalue weighted by atomic mass is 32.2. The smallest absolute Gasteiger partial charge is 0.0250 e. The van der Waals surface area contributed by atoms with Crippen molar-refractivity contribution in [3.8, 4) is 0 Å². The van der Waals surface area contributed by atoms with Gasteiger partial charge in [0.15, 0.2) is 0 Å². The first-order valence-electron chi connectivity index (χ1n) is 8.40. The van der Waals surface area contributed by atoms with Gasteiger partial charge in [-0.15, -0.1) is 11.8 Å². The van der Waals surface area contributed by atoms with Gasteiger partial charge in [-0.05, 0) is 54.8 Å². The first kappa shape index (κ1) is 16.9. The van der Waals surface area contributed by atoms with Crippen molar-refractivity contribution in [1.29, 1.82) is 0 Å². The molecule has 21 heavy (non-hydrogen) atoms. The SMILES string of the molecule is CCNC1CCC(C)CC1Sc1ccc(C(C)(C)C)cc1.